The zero-order chi connectivity index (χ0) is 19.1. The van der Waals surface area contributed by atoms with Crippen molar-refractivity contribution in [3.63, 3.8) is 0 Å². The van der Waals surface area contributed by atoms with Crippen LogP contribution in [0.2, 0.25) is 0 Å². The van der Waals surface area contributed by atoms with Gasteiger partial charge in [-0.1, -0.05) is 0 Å². The monoisotopic (exact) mass is 358 g/mol. The summed E-state index contributed by atoms with van der Waals surface area (Å²) in [4.78, 5) is 0. The molecular formula is C21H26O5. The minimum Gasteiger partial charge on any atom is -0.507 e. The third kappa shape index (κ3) is 5.35. The smallest absolute Gasteiger partial charge is 0.132 e. The Morgan fingerprint density at radius 2 is 1.92 bits per heavy atom. The van der Waals surface area contributed by atoms with Gasteiger partial charge in [0.1, 0.15) is 17.6 Å². The first kappa shape index (κ1) is 20.0. The molecule has 0 radical (unpaired) electrons. The number of hydrogen-bond acceptors (Lipinski definition) is 5. The topological polar surface area (TPSA) is 83.1 Å². The second kappa shape index (κ2) is 9.41. The van der Waals surface area contributed by atoms with Gasteiger partial charge in [0.05, 0.1) is 19.0 Å². The Morgan fingerprint density at radius 3 is 2.50 bits per heavy atom. The number of hydrogen-bond donors (Lipinski definition) is 3. The molecule has 0 aliphatic carbocycles. The molecule has 2 aromatic rings. The van der Waals surface area contributed by atoms with Crippen LogP contribution in [0, 0.1) is 13.8 Å². The van der Waals surface area contributed by atoms with E-state index in [4.69, 9.17) is 9.15 Å². The van der Waals surface area contributed by atoms with Crippen molar-refractivity contribution in [2.75, 3.05) is 13.7 Å². The van der Waals surface area contributed by atoms with E-state index in [-0.39, 0.29) is 5.75 Å². The van der Waals surface area contributed by atoms with Gasteiger partial charge in [0.15, 0.2) is 0 Å². The van der Waals surface area contributed by atoms with Gasteiger partial charge < -0.3 is 24.5 Å². The van der Waals surface area contributed by atoms with E-state index >= 15 is 0 Å². The Labute approximate surface area is 153 Å². The van der Waals surface area contributed by atoms with E-state index in [1.165, 1.54) is 6.26 Å². The van der Waals surface area contributed by atoms with E-state index in [0.29, 0.717) is 25.2 Å². The Kier molecular flexibility index (Phi) is 7.25. The third-order valence-electron chi connectivity index (χ3n) is 4.18. The Bertz CT molecular complexity index is 747. The average Bonchev–Trinajstić information content (AvgIpc) is 3.14. The molecule has 2 atom stereocenters. The number of rotatable bonds is 8. The molecule has 2 rings (SSSR count). The van der Waals surface area contributed by atoms with E-state index in [1.807, 2.05) is 0 Å². The van der Waals surface area contributed by atoms with Crippen LogP contribution in [0.15, 0.2) is 52.3 Å². The molecule has 1 aromatic carbocycles. The molecule has 0 amide bonds. The number of aliphatic hydroxyl groups is 2. The van der Waals surface area contributed by atoms with Crippen LogP contribution in [0.25, 0.3) is 0 Å². The number of benzene rings is 1. The van der Waals surface area contributed by atoms with Crippen LogP contribution in [0.1, 0.15) is 47.5 Å². The average molecular weight is 358 g/mol. The van der Waals surface area contributed by atoms with Crippen LogP contribution in [-0.2, 0) is 4.74 Å². The summed E-state index contributed by atoms with van der Waals surface area (Å²) in [6.07, 6.45) is 2.51. The number of ether oxygens (including phenoxy) is 1. The molecule has 5 nitrogen and oxygen atoms in total. The first-order chi connectivity index (χ1) is 12.4. The van der Waals surface area contributed by atoms with Crippen molar-refractivity contribution in [2.45, 2.75) is 38.9 Å². The zero-order valence-electron chi connectivity index (χ0n) is 15.4. The Morgan fingerprint density at radius 1 is 1.23 bits per heavy atom. The van der Waals surface area contributed by atoms with Gasteiger partial charge in [0.2, 0.25) is 0 Å². The molecule has 26 heavy (non-hydrogen) atoms. The lowest BCUT2D eigenvalue weighted by molar-refractivity contribution is 0.141. The van der Waals surface area contributed by atoms with Crippen LogP contribution in [-0.4, -0.2) is 29.0 Å². The quantitative estimate of drug-likeness (QED) is 0.624. The first-order valence-electron chi connectivity index (χ1n) is 8.53. The highest BCUT2D eigenvalue weighted by Gasteiger charge is 2.13. The van der Waals surface area contributed by atoms with E-state index in [9.17, 15) is 15.3 Å². The molecule has 0 saturated heterocycles. The molecule has 1 aromatic heterocycles. The Hall–Kier alpha value is -2.30. The number of phenols is 1. The highest BCUT2D eigenvalue weighted by Crippen LogP contribution is 2.27. The fraction of sp³-hybridized carbons (Fsp3) is 0.381. The van der Waals surface area contributed by atoms with Crippen LogP contribution in [0.4, 0.5) is 0 Å². The molecule has 0 aliphatic heterocycles. The predicted octanol–water partition coefficient (Wildman–Crippen LogP) is 3.88. The second-order valence-electron chi connectivity index (χ2n) is 6.38. The van der Waals surface area contributed by atoms with E-state index in [0.717, 1.165) is 22.3 Å². The van der Waals surface area contributed by atoms with Gasteiger partial charge in [0.25, 0.3) is 0 Å². The van der Waals surface area contributed by atoms with Crippen LogP contribution in [0.3, 0.4) is 0 Å². The summed E-state index contributed by atoms with van der Waals surface area (Å²) in [7, 11) is 1.58. The van der Waals surface area contributed by atoms with Gasteiger partial charge in [0, 0.05) is 25.5 Å². The van der Waals surface area contributed by atoms with Crippen molar-refractivity contribution in [1.29, 1.82) is 0 Å². The summed E-state index contributed by atoms with van der Waals surface area (Å²) >= 11 is 0. The normalized spacial score (nSPS) is 13.1. The number of methoxy groups -OCH3 is 1. The van der Waals surface area contributed by atoms with Gasteiger partial charge in [-0.2, -0.15) is 0 Å². The molecule has 140 valence electrons. The molecule has 5 heteroatoms. The number of aryl methyl sites for hydroxylation is 2. The molecule has 0 bridgehead atoms. The maximum absolute atomic E-state index is 10.4. The summed E-state index contributed by atoms with van der Waals surface area (Å²) in [6, 6.07) is 7.01. The molecule has 1 heterocycles. The summed E-state index contributed by atoms with van der Waals surface area (Å²) in [5.74, 6) is 0.751. The lowest BCUT2D eigenvalue weighted by atomic mass is 10.00. The highest BCUT2D eigenvalue weighted by molar-refractivity contribution is 5.42. The molecule has 0 fully saturated rings. The van der Waals surface area contributed by atoms with Crippen molar-refractivity contribution in [1.82, 2.24) is 0 Å². The molecule has 0 aliphatic rings. The van der Waals surface area contributed by atoms with Gasteiger partial charge in [-0.25, -0.2) is 0 Å². The first-order valence-corrected chi connectivity index (χ1v) is 8.53. The molecular weight excluding hydrogens is 332 g/mol. The lowest BCUT2D eigenvalue weighted by Crippen LogP contribution is -2.02. The molecule has 0 saturated carbocycles. The fourth-order valence-electron chi connectivity index (χ4n) is 2.78. The maximum Gasteiger partial charge on any atom is 0.132 e. The molecule has 0 spiro atoms. The standard InChI is InChI=1S/C21H26O5/c1-14-10-17(11-15(2)21(14)24)18(22)7-4-6-16(13-25-3)12-19(23)20-8-5-9-26-20/h4-5,8-11,18-19,22-24H,7,12-13H2,1-3H3/t6?,18-,19-/m1/s1. The maximum atomic E-state index is 10.4. The van der Waals surface area contributed by atoms with Gasteiger partial charge in [-0.3, -0.25) is 0 Å². The lowest BCUT2D eigenvalue weighted by Gasteiger charge is -2.12. The van der Waals surface area contributed by atoms with E-state index in [2.05, 4.69) is 5.73 Å². The van der Waals surface area contributed by atoms with Crippen molar-refractivity contribution < 1.29 is 24.5 Å². The number of aliphatic hydroxyl groups excluding tert-OH is 2. The van der Waals surface area contributed by atoms with Crippen molar-refractivity contribution >= 4 is 0 Å². The SMILES string of the molecule is COCC(=C=CC[C@@H](O)c1cc(C)c(O)c(C)c1)C[C@@H](O)c1ccco1. The predicted molar refractivity (Wildman–Crippen MR) is 98.9 cm³/mol. The number of aromatic hydroxyl groups is 1. The minimum absolute atomic E-state index is 0.255. The van der Waals surface area contributed by atoms with Crippen molar-refractivity contribution in [3.8, 4) is 5.75 Å². The number of phenolic OH excluding ortho intramolecular Hbond substituents is 1. The van der Waals surface area contributed by atoms with Crippen molar-refractivity contribution in [3.05, 3.63) is 70.4 Å². The Balaban J connectivity index is 2.08. The highest BCUT2D eigenvalue weighted by atomic mass is 16.5. The fourth-order valence-corrected chi connectivity index (χ4v) is 2.78. The summed E-state index contributed by atoms with van der Waals surface area (Å²) in [5, 5.41) is 30.4. The summed E-state index contributed by atoms with van der Waals surface area (Å²) < 4.78 is 10.4. The van der Waals surface area contributed by atoms with E-state index < -0.39 is 12.2 Å². The van der Waals surface area contributed by atoms with Crippen LogP contribution < -0.4 is 0 Å². The summed E-state index contributed by atoms with van der Waals surface area (Å²) in [5.41, 5.74) is 6.11. The van der Waals surface area contributed by atoms with Crippen LogP contribution >= 0.6 is 0 Å². The van der Waals surface area contributed by atoms with Gasteiger partial charge >= 0.3 is 0 Å². The van der Waals surface area contributed by atoms with Gasteiger partial charge in [-0.05, 0) is 60.9 Å². The summed E-state index contributed by atoms with van der Waals surface area (Å²) in [6.45, 7) is 3.95. The molecule has 3 N–H and O–H groups in total. The van der Waals surface area contributed by atoms with E-state index in [1.54, 1.807) is 51.3 Å². The second-order valence-corrected chi connectivity index (χ2v) is 6.38. The molecule has 0 unspecified atom stereocenters. The third-order valence-corrected chi connectivity index (χ3v) is 4.18. The van der Waals surface area contributed by atoms with Crippen molar-refractivity contribution in [2.24, 2.45) is 0 Å². The zero-order valence-corrected chi connectivity index (χ0v) is 15.4. The number of furan rings is 1. The minimum atomic E-state index is -0.761. The van der Waals surface area contributed by atoms with Gasteiger partial charge in [-0.15, -0.1) is 5.73 Å². The largest absolute Gasteiger partial charge is 0.507 e. The van der Waals surface area contributed by atoms with Crippen LogP contribution in [0.5, 0.6) is 5.75 Å².